The summed E-state index contributed by atoms with van der Waals surface area (Å²) in [7, 11) is 0. The molecule has 2 heterocycles. The molecule has 1 amide bonds. The van der Waals surface area contributed by atoms with Crippen molar-refractivity contribution in [3.05, 3.63) is 54.1 Å². The highest BCUT2D eigenvalue weighted by Crippen LogP contribution is 2.26. The smallest absolute Gasteiger partial charge is 0.217 e. The highest BCUT2D eigenvalue weighted by atomic mass is 19.1. The van der Waals surface area contributed by atoms with Crippen LogP contribution in [0.1, 0.15) is 25.7 Å². The molecule has 0 spiro atoms. The van der Waals surface area contributed by atoms with E-state index in [0.29, 0.717) is 17.0 Å². The van der Waals surface area contributed by atoms with Crippen molar-refractivity contribution in [2.24, 2.45) is 0 Å². The second-order valence-corrected chi connectivity index (χ2v) is 5.20. The van der Waals surface area contributed by atoms with Gasteiger partial charge in [0.15, 0.2) is 5.82 Å². The van der Waals surface area contributed by atoms with Crippen LogP contribution in [0.5, 0.6) is 0 Å². The van der Waals surface area contributed by atoms with E-state index in [4.69, 9.17) is 0 Å². The van der Waals surface area contributed by atoms with Crippen LogP contribution in [-0.2, 0) is 4.79 Å². The van der Waals surface area contributed by atoms with E-state index < -0.39 is 17.7 Å². The predicted molar refractivity (Wildman–Crippen MR) is 81.0 cm³/mol. The zero-order valence-electron chi connectivity index (χ0n) is 12.5. The first kappa shape index (κ1) is 15.1. The Hall–Kier alpha value is -2.83. The number of rotatable bonds is 3. The first-order chi connectivity index (χ1) is 11.0. The van der Waals surface area contributed by atoms with Crippen LogP contribution in [0.25, 0.3) is 16.7 Å². The molecule has 1 unspecified atom stereocenters. The summed E-state index contributed by atoms with van der Waals surface area (Å²) < 4.78 is 29.2. The summed E-state index contributed by atoms with van der Waals surface area (Å²) in [6, 6.07) is 5.33. The van der Waals surface area contributed by atoms with Gasteiger partial charge >= 0.3 is 0 Å². The van der Waals surface area contributed by atoms with Crippen LogP contribution in [0, 0.1) is 11.6 Å². The largest absolute Gasteiger partial charge is 0.347 e. The summed E-state index contributed by atoms with van der Waals surface area (Å²) in [6.07, 6.45) is 2.54. The minimum Gasteiger partial charge on any atom is -0.347 e. The number of aromatic nitrogens is 3. The maximum absolute atomic E-state index is 14.0. The zero-order chi connectivity index (χ0) is 16.6. The molecular formula is C16H14F2N4O. The van der Waals surface area contributed by atoms with Gasteiger partial charge in [-0.2, -0.15) is 0 Å². The molecular weight excluding hydrogens is 302 g/mol. The van der Waals surface area contributed by atoms with Gasteiger partial charge in [-0.05, 0) is 19.1 Å². The van der Waals surface area contributed by atoms with Crippen molar-refractivity contribution in [2.45, 2.75) is 19.9 Å². The fourth-order valence-corrected chi connectivity index (χ4v) is 2.54. The first-order valence-electron chi connectivity index (χ1n) is 7.02. The summed E-state index contributed by atoms with van der Waals surface area (Å²) >= 11 is 0. The van der Waals surface area contributed by atoms with E-state index in [2.05, 4.69) is 15.3 Å². The van der Waals surface area contributed by atoms with Crippen LogP contribution < -0.4 is 5.32 Å². The summed E-state index contributed by atoms with van der Waals surface area (Å²) in [5.41, 5.74) is 1.04. The highest BCUT2D eigenvalue weighted by Gasteiger charge is 2.20. The van der Waals surface area contributed by atoms with Gasteiger partial charge in [0.2, 0.25) is 5.91 Å². The second kappa shape index (κ2) is 5.75. The van der Waals surface area contributed by atoms with Crippen molar-refractivity contribution >= 4 is 16.9 Å². The molecule has 0 radical (unpaired) electrons. The lowest BCUT2D eigenvalue weighted by atomic mass is 10.2. The average molecular weight is 316 g/mol. The number of benzene rings is 1. The lowest BCUT2D eigenvalue weighted by Gasteiger charge is -2.15. The van der Waals surface area contributed by atoms with Crippen molar-refractivity contribution < 1.29 is 13.6 Å². The number of nitrogens with one attached hydrogen (secondary N) is 1. The number of halogens is 2. The number of para-hydroxylation sites is 1. The molecule has 23 heavy (non-hydrogen) atoms. The predicted octanol–water partition coefficient (Wildman–Crippen LogP) is 2.90. The standard InChI is InChI=1S/C16H14F2N4O/c1-9(20-10(2)23)16-21-15-13(18)4-3-5-14(15)22(16)12-6-11(17)7-19-8-12/h3-9H,1-2H3,(H,20,23). The molecule has 3 aromatic rings. The van der Waals surface area contributed by atoms with Gasteiger partial charge < -0.3 is 5.32 Å². The Morgan fingerprint density at radius 2 is 2.09 bits per heavy atom. The summed E-state index contributed by atoms with van der Waals surface area (Å²) in [6.45, 7) is 3.11. The van der Waals surface area contributed by atoms with Gasteiger partial charge in [-0.1, -0.05) is 6.07 Å². The Balaban J connectivity index is 2.28. The normalized spacial score (nSPS) is 12.3. The SMILES string of the molecule is CC(=O)NC(C)c1nc2c(F)cccc2n1-c1cncc(F)c1. The number of imidazole rings is 1. The van der Waals surface area contributed by atoms with Gasteiger partial charge in [-0.3, -0.25) is 14.3 Å². The Labute approximate surface area is 131 Å². The van der Waals surface area contributed by atoms with Crippen molar-refractivity contribution in [1.29, 1.82) is 0 Å². The number of amides is 1. The fourth-order valence-electron chi connectivity index (χ4n) is 2.54. The molecule has 0 fully saturated rings. The van der Waals surface area contributed by atoms with Crippen LogP contribution in [0.4, 0.5) is 8.78 Å². The molecule has 7 heteroatoms. The van der Waals surface area contributed by atoms with Crippen LogP contribution in [0.2, 0.25) is 0 Å². The van der Waals surface area contributed by atoms with E-state index in [-0.39, 0.29) is 11.4 Å². The van der Waals surface area contributed by atoms with Gasteiger partial charge in [-0.15, -0.1) is 0 Å². The van der Waals surface area contributed by atoms with Crippen LogP contribution in [0.3, 0.4) is 0 Å². The number of nitrogens with zero attached hydrogens (tertiary/aromatic N) is 3. The van der Waals surface area contributed by atoms with E-state index in [1.54, 1.807) is 23.6 Å². The molecule has 2 aromatic heterocycles. The van der Waals surface area contributed by atoms with Crippen LogP contribution in [-0.4, -0.2) is 20.4 Å². The number of hydrogen-bond acceptors (Lipinski definition) is 3. The van der Waals surface area contributed by atoms with Crippen molar-refractivity contribution in [3.8, 4) is 5.69 Å². The van der Waals surface area contributed by atoms with Gasteiger partial charge in [0.25, 0.3) is 0 Å². The summed E-state index contributed by atoms with van der Waals surface area (Å²) in [4.78, 5) is 19.4. The molecule has 3 rings (SSSR count). The fraction of sp³-hybridized carbons (Fsp3) is 0.188. The molecule has 0 aliphatic heterocycles. The highest BCUT2D eigenvalue weighted by molar-refractivity contribution is 5.79. The average Bonchev–Trinajstić information content (AvgIpc) is 2.87. The van der Waals surface area contributed by atoms with E-state index in [0.717, 1.165) is 6.20 Å². The van der Waals surface area contributed by atoms with E-state index in [1.165, 1.54) is 25.3 Å². The molecule has 1 aromatic carbocycles. The Kier molecular flexibility index (Phi) is 3.77. The quantitative estimate of drug-likeness (QED) is 0.808. The van der Waals surface area contributed by atoms with E-state index >= 15 is 0 Å². The van der Waals surface area contributed by atoms with Crippen molar-refractivity contribution in [3.63, 3.8) is 0 Å². The maximum Gasteiger partial charge on any atom is 0.217 e. The van der Waals surface area contributed by atoms with Gasteiger partial charge in [0, 0.05) is 13.0 Å². The first-order valence-corrected chi connectivity index (χ1v) is 7.02. The van der Waals surface area contributed by atoms with Gasteiger partial charge in [0.1, 0.15) is 17.2 Å². The van der Waals surface area contributed by atoms with Crippen molar-refractivity contribution in [2.75, 3.05) is 0 Å². The molecule has 0 aliphatic rings. The monoisotopic (exact) mass is 316 g/mol. The van der Waals surface area contributed by atoms with E-state index in [9.17, 15) is 13.6 Å². The number of carbonyl (C=O) groups excluding carboxylic acids is 1. The Morgan fingerprint density at radius 3 is 2.78 bits per heavy atom. The molecule has 1 N–H and O–H groups in total. The third kappa shape index (κ3) is 2.77. The summed E-state index contributed by atoms with van der Waals surface area (Å²) in [5, 5.41) is 2.71. The maximum atomic E-state index is 14.0. The number of fused-ring (bicyclic) bond motifs is 1. The summed E-state index contributed by atoms with van der Waals surface area (Å²) in [5.74, 6) is -0.845. The number of carbonyl (C=O) groups is 1. The minimum atomic E-state index is -0.515. The lowest BCUT2D eigenvalue weighted by Crippen LogP contribution is -2.26. The van der Waals surface area contributed by atoms with Crippen molar-refractivity contribution in [1.82, 2.24) is 19.9 Å². The Morgan fingerprint density at radius 1 is 1.30 bits per heavy atom. The molecule has 5 nitrogen and oxygen atoms in total. The Bertz CT molecular complexity index is 891. The van der Waals surface area contributed by atoms with Gasteiger partial charge in [0.05, 0.1) is 29.6 Å². The van der Waals surface area contributed by atoms with E-state index in [1.807, 2.05) is 0 Å². The van der Waals surface area contributed by atoms with Crippen LogP contribution in [0.15, 0.2) is 36.7 Å². The zero-order valence-corrected chi connectivity index (χ0v) is 12.5. The van der Waals surface area contributed by atoms with Gasteiger partial charge in [-0.25, -0.2) is 13.8 Å². The molecule has 118 valence electrons. The number of pyridine rings is 1. The molecule has 0 saturated carbocycles. The minimum absolute atomic E-state index is 0.156. The third-order valence-corrected chi connectivity index (χ3v) is 3.42. The molecule has 1 atom stereocenters. The number of hydrogen-bond donors (Lipinski definition) is 1. The molecule has 0 saturated heterocycles. The lowest BCUT2D eigenvalue weighted by molar-refractivity contribution is -0.119. The molecule has 0 bridgehead atoms. The molecule has 0 aliphatic carbocycles. The third-order valence-electron chi connectivity index (χ3n) is 3.42. The second-order valence-electron chi connectivity index (χ2n) is 5.20. The van der Waals surface area contributed by atoms with Crippen LogP contribution >= 0.6 is 0 Å². The topological polar surface area (TPSA) is 59.8 Å².